The molecule has 94 valence electrons. The molecule has 1 fully saturated rings. The van der Waals surface area contributed by atoms with Gasteiger partial charge in [-0.25, -0.2) is 0 Å². The first-order valence-electron chi connectivity index (χ1n) is 6.85. The standard InChI is InChI=1S/C14H27NO/c1-4-11-7-5-6-8-12(11)14(16)13(15)9-10(2)3/h10-13H,4-9,15H2,1-3H3. The Morgan fingerprint density at radius 2 is 1.94 bits per heavy atom. The molecular weight excluding hydrogens is 198 g/mol. The maximum atomic E-state index is 12.3. The highest BCUT2D eigenvalue weighted by atomic mass is 16.1. The Labute approximate surface area is 100.0 Å². The van der Waals surface area contributed by atoms with Crippen LogP contribution in [-0.2, 0) is 4.79 Å². The molecule has 2 nitrogen and oxygen atoms in total. The molecule has 1 rings (SSSR count). The minimum absolute atomic E-state index is 0.225. The van der Waals surface area contributed by atoms with Gasteiger partial charge < -0.3 is 5.73 Å². The zero-order valence-corrected chi connectivity index (χ0v) is 11.0. The number of rotatable bonds is 5. The van der Waals surface area contributed by atoms with Crippen molar-refractivity contribution >= 4 is 5.78 Å². The second kappa shape index (κ2) is 6.39. The quantitative estimate of drug-likeness (QED) is 0.781. The van der Waals surface area contributed by atoms with E-state index in [1.165, 1.54) is 19.3 Å². The molecule has 16 heavy (non-hydrogen) atoms. The lowest BCUT2D eigenvalue weighted by molar-refractivity contribution is -0.127. The van der Waals surface area contributed by atoms with Crippen LogP contribution in [-0.4, -0.2) is 11.8 Å². The summed E-state index contributed by atoms with van der Waals surface area (Å²) in [7, 11) is 0. The van der Waals surface area contributed by atoms with E-state index in [-0.39, 0.29) is 12.0 Å². The number of carbonyl (C=O) groups is 1. The summed E-state index contributed by atoms with van der Waals surface area (Å²) in [4.78, 5) is 12.3. The van der Waals surface area contributed by atoms with Crippen molar-refractivity contribution in [2.24, 2.45) is 23.5 Å². The summed E-state index contributed by atoms with van der Waals surface area (Å²) in [6, 6.07) is -0.225. The number of hydrogen-bond acceptors (Lipinski definition) is 2. The van der Waals surface area contributed by atoms with Crippen molar-refractivity contribution in [3.63, 3.8) is 0 Å². The molecule has 0 heterocycles. The molecule has 2 heteroatoms. The van der Waals surface area contributed by atoms with Gasteiger partial charge in [-0.3, -0.25) is 4.79 Å². The Hall–Kier alpha value is -0.370. The average molecular weight is 225 g/mol. The fourth-order valence-corrected chi connectivity index (χ4v) is 2.97. The maximum Gasteiger partial charge on any atom is 0.152 e. The fraction of sp³-hybridized carbons (Fsp3) is 0.929. The molecule has 1 aliphatic rings. The molecule has 0 radical (unpaired) electrons. The summed E-state index contributed by atoms with van der Waals surface area (Å²) < 4.78 is 0. The summed E-state index contributed by atoms with van der Waals surface area (Å²) >= 11 is 0. The molecule has 0 aromatic heterocycles. The molecule has 0 aromatic carbocycles. The van der Waals surface area contributed by atoms with Crippen LogP contribution >= 0.6 is 0 Å². The Morgan fingerprint density at radius 3 is 2.50 bits per heavy atom. The molecule has 0 bridgehead atoms. The fourth-order valence-electron chi connectivity index (χ4n) is 2.97. The van der Waals surface area contributed by atoms with Crippen LogP contribution in [0.25, 0.3) is 0 Å². The van der Waals surface area contributed by atoms with Crippen molar-refractivity contribution in [3.8, 4) is 0 Å². The highest BCUT2D eigenvalue weighted by molar-refractivity contribution is 5.86. The number of hydrogen-bond donors (Lipinski definition) is 1. The first kappa shape index (κ1) is 13.7. The van der Waals surface area contributed by atoms with E-state index in [2.05, 4.69) is 20.8 Å². The molecule has 0 amide bonds. The average Bonchev–Trinajstić information content (AvgIpc) is 2.27. The molecule has 0 spiro atoms. The van der Waals surface area contributed by atoms with Gasteiger partial charge in [-0.2, -0.15) is 0 Å². The summed E-state index contributed by atoms with van der Waals surface area (Å²) in [6.45, 7) is 6.46. The van der Waals surface area contributed by atoms with E-state index in [1.54, 1.807) is 0 Å². The summed E-state index contributed by atoms with van der Waals surface area (Å²) in [5.74, 6) is 1.70. The van der Waals surface area contributed by atoms with Crippen molar-refractivity contribution in [3.05, 3.63) is 0 Å². The van der Waals surface area contributed by atoms with E-state index >= 15 is 0 Å². The summed E-state index contributed by atoms with van der Waals surface area (Å²) in [5, 5.41) is 0. The van der Waals surface area contributed by atoms with Crippen LogP contribution in [0.15, 0.2) is 0 Å². The highest BCUT2D eigenvalue weighted by Gasteiger charge is 2.32. The van der Waals surface area contributed by atoms with Gasteiger partial charge in [-0.1, -0.05) is 40.0 Å². The van der Waals surface area contributed by atoms with Gasteiger partial charge in [-0.15, -0.1) is 0 Å². The third kappa shape index (κ3) is 3.58. The number of nitrogens with two attached hydrogens (primary N) is 1. The van der Waals surface area contributed by atoms with Crippen LogP contribution < -0.4 is 5.73 Å². The largest absolute Gasteiger partial charge is 0.321 e. The predicted molar refractivity (Wildman–Crippen MR) is 68.2 cm³/mol. The van der Waals surface area contributed by atoms with Crippen LogP contribution in [0.5, 0.6) is 0 Å². The lowest BCUT2D eigenvalue weighted by Crippen LogP contribution is -2.40. The second-order valence-electron chi connectivity index (χ2n) is 5.70. The Bertz CT molecular complexity index is 225. The van der Waals surface area contributed by atoms with Gasteiger partial charge in [0.15, 0.2) is 5.78 Å². The Morgan fingerprint density at radius 1 is 1.31 bits per heavy atom. The SMILES string of the molecule is CCC1CCCCC1C(=O)C(N)CC(C)C. The smallest absolute Gasteiger partial charge is 0.152 e. The number of ketones is 1. The lowest BCUT2D eigenvalue weighted by atomic mass is 9.73. The van der Waals surface area contributed by atoms with Gasteiger partial charge in [0.25, 0.3) is 0 Å². The van der Waals surface area contributed by atoms with Gasteiger partial charge in [0.1, 0.15) is 0 Å². The number of carbonyl (C=O) groups excluding carboxylic acids is 1. The van der Waals surface area contributed by atoms with E-state index < -0.39 is 0 Å². The van der Waals surface area contributed by atoms with Crippen molar-refractivity contribution in [2.45, 2.75) is 65.3 Å². The first-order chi connectivity index (χ1) is 7.56. The molecular formula is C14H27NO. The zero-order valence-electron chi connectivity index (χ0n) is 11.0. The molecule has 0 aliphatic heterocycles. The zero-order chi connectivity index (χ0) is 12.1. The van der Waals surface area contributed by atoms with Crippen molar-refractivity contribution in [1.82, 2.24) is 0 Å². The minimum Gasteiger partial charge on any atom is -0.321 e. The van der Waals surface area contributed by atoms with E-state index in [0.29, 0.717) is 17.6 Å². The maximum absolute atomic E-state index is 12.3. The predicted octanol–water partition coefficient (Wildman–Crippen LogP) is 3.15. The van der Waals surface area contributed by atoms with Gasteiger partial charge in [-0.05, 0) is 31.1 Å². The molecule has 2 N–H and O–H groups in total. The molecule has 3 unspecified atom stereocenters. The summed E-state index contributed by atoms with van der Waals surface area (Å²) in [6.07, 6.45) is 6.77. The lowest BCUT2D eigenvalue weighted by Gasteiger charge is -2.31. The minimum atomic E-state index is -0.225. The van der Waals surface area contributed by atoms with E-state index in [0.717, 1.165) is 19.3 Å². The molecule has 0 saturated heterocycles. The first-order valence-corrected chi connectivity index (χ1v) is 6.85. The molecule has 3 atom stereocenters. The van der Waals surface area contributed by atoms with Crippen LogP contribution in [0.3, 0.4) is 0 Å². The Kier molecular flexibility index (Phi) is 5.47. The topological polar surface area (TPSA) is 43.1 Å². The van der Waals surface area contributed by atoms with Crippen molar-refractivity contribution in [1.29, 1.82) is 0 Å². The monoisotopic (exact) mass is 225 g/mol. The molecule has 1 saturated carbocycles. The van der Waals surface area contributed by atoms with Crippen molar-refractivity contribution < 1.29 is 4.79 Å². The molecule has 1 aliphatic carbocycles. The van der Waals surface area contributed by atoms with Crippen LogP contribution in [0.2, 0.25) is 0 Å². The van der Waals surface area contributed by atoms with Gasteiger partial charge >= 0.3 is 0 Å². The van der Waals surface area contributed by atoms with Gasteiger partial charge in [0.05, 0.1) is 6.04 Å². The normalized spacial score (nSPS) is 28.1. The third-order valence-electron chi connectivity index (χ3n) is 3.89. The van der Waals surface area contributed by atoms with E-state index in [9.17, 15) is 4.79 Å². The summed E-state index contributed by atoms with van der Waals surface area (Å²) in [5.41, 5.74) is 6.02. The van der Waals surface area contributed by atoms with Gasteiger partial charge in [0.2, 0.25) is 0 Å². The number of Topliss-reactive ketones (excluding diaryl/α,β-unsaturated/α-hetero) is 1. The highest BCUT2D eigenvalue weighted by Crippen LogP contribution is 2.33. The van der Waals surface area contributed by atoms with E-state index in [4.69, 9.17) is 5.73 Å². The second-order valence-corrected chi connectivity index (χ2v) is 5.70. The molecule has 0 aromatic rings. The Balaban J connectivity index is 2.56. The van der Waals surface area contributed by atoms with Crippen LogP contribution in [0.4, 0.5) is 0 Å². The van der Waals surface area contributed by atoms with E-state index in [1.807, 2.05) is 0 Å². The van der Waals surface area contributed by atoms with Crippen LogP contribution in [0, 0.1) is 17.8 Å². The third-order valence-corrected chi connectivity index (χ3v) is 3.89. The van der Waals surface area contributed by atoms with Crippen LogP contribution in [0.1, 0.15) is 59.3 Å². The van der Waals surface area contributed by atoms with Crippen molar-refractivity contribution in [2.75, 3.05) is 0 Å². The van der Waals surface area contributed by atoms with Gasteiger partial charge in [0, 0.05) is 5.92 Å².